The molecule has 0 bridgehead atoms. The van der Waals surface area contributed by atoms with Gasteiger partial charge in [-0.15, -0.1) is 0 Å². The van der Waals surface area contributed by atoms with Crippen LogP contribution < -0.4 is 0 Å². The SMILES string of the molecule is CCc1nc2ccccc2n1C1CCN(C2CCC(OC)C2)CC1. The molecular formula is C20H29N3O. The first-order chi connectivity index (χ1) is 11.8. The number of likely N-dealkylation sites (tertiary alicyclic amines) is 1. The van der Waals surface area contributed by atoms with E-state index in [1.54, 1.807) is 0 Å². The van der Waals surface area contributed by atoms with Gasteiger partial charge in [-0.25, -0.2) is 4.98 Å². The fourth-order valence-corrected chi connectivity index (χ4v) is 4.72. The molecule has 0 N–H and O–H groups in total. The lowest BCUT2D eigenvalue weighted by atomic mass is 10.0. The molecule has 4 rings (SSSR count). The van der Waals surface area contributed by atoms with Crippen LogP contribution in [-0.4, -0.2) is 46.8 Å². The second kappa shape index (κ2) is 6.85. The molecule has 1 aliphatic heterocycles. The molecule has 1 aliphatic carbocycles. The van der Waals surface area contributed by atoms with E-state index in [0.29, 0.717) is 12.1 Å². The quantitative estimate of drug-likeness (QED) is 0.855. The number of methoxy groups -OCH3 is 1. The highest BCUT2D eigenvalue weighted by molar-refractivity contribution is 5.76. The molecule has 130 valence electrons. The topological polar surface area (TPSA) is 30.3 Å². The van der Waals surface area contributed by atoms with Gasteiger partial charge in [-0.2, -0.15) is 0 Å². The number of hydrogen-bond acceptors (Lipinski definition) is 3. The summed E-state index contributed by atoms with van der Waals surface area (Å²) in [5, 5.41) is 0. The van der Waals surface area contributed by atoms with E-state index in [1.165, 1.54) is 56.5 Å². The Labute approximate surface area is 144 Å². The van der Waals surface area contributed by atoms with Gasteiger partial charge in [0.15, 0.2) is 0 Å². The van der Waals surface area contributed by atoms with Crippen molar-refractivity contribution in [1.29, 1.82) is 0 Å². The summed E-state index contributed by atoms with van der Waals surface area (Å²) in [6.45, 7) is 4.64. The minimum absolute atomic E-state index is 0.483. The minimum Gasteiger partial charge on any atom is -0.381 e. The third-order valence-corrected chi connectivity index (χ3v) is 6.06. The van der Waals surface area contributed by atoms with E-state index < -0.39 is 0 Å². The monoisotopic (exact) mass is 327 g/mol. The lowest BCUT2D eigenvalue weighted by Gasteiger charge is -2.37. The number of benzene rings is 1. The molecule has 24 heavy (non-hydrogen) atoms. The van der Waals surface area contributed by atoms with Gasteiger partial charge in [0, 0.05) is 38.7 Å². The molecule has 1 saturated heterocycles. The lowest BCUT2D eigenvalue weighted by molar-refractivity contribution is 0.0877. The summed E-state index contributed by atoms with van der Waals surface area (Å²) < 4.78 is 8.08. The number of fused-ring (bicyclic) bond motifs is 1. The highest BCUT2D eigenvalue weighted by Gasteiger charge is 2.32. The van der Waals surface area contributed by atoms with Gasteiger partial charge in [0.05, 0.1) is 17.1 Å². The molecule has 0 amide bonds. The van der Waals surface area contributed by atoms with Gasteiger partial charge in [-0.05, 0) is 44.2 Å². The van der Waals surface area contributed by atoms with Crippen LogP contribution in [0.2, 0.25) is 0 Å². The van der Waals surface area contributed by atoms with Crippen LogP contribution in [-0.2, 0) is 11.2 Å². The average molecular weight is 327 g/mol. The molecule has 2 heterocycles. The van der Waals surface area contributed by atoms with Crippen LogP contribution >= 0.6 is 0 Å². The molecule has 2 fully saturated rings. The van der Waals surface area contributed by atoms with Crippen LogP contribution in [0.25, 0.3) is 11.0 Å². The van der Waals surface area contributed by atoms with Gasteiger partial charge < -0.3 is 14.2 Å². The zero-order valence-corrected chi connectivity index (χ0v) is 14.9. The standard InChI is InChI=1S/C20H29N3O/c1-3-20-21-18-6-4-5-7-19(18)23(20)15-10-12-22(13-11-15)16-8-9-17(14-16)24-2/h4-7,15-17H,3,8-14H2,1-2H3. The van der Waals surface area contributed by atoms with Crippen molar-refractivity contribution in [2.75, 3.05) is 20.2 Å². The van der Waals surface area contributed by atoms with Gasteiger partial charge in [-0.3, -0.25) is 0 Å². The number of nitrogens with zero attached hydrogens (tertiary/aromatic N) is 3. The van der Waals surface area contributed by atoms with Crippen molar-refractivity contribution >= 4 is 11.0 Å². The third kappa shape index (κ3) is 2.86. The van der Waals surface area contributed by atoms with Crippen LogP contribution in [0.1, 0.15) is 50.9 Å². The zero-order chi connectivity index (χ0) is 16.5. The molecule has 4 heteroatoms. The maximum absolute atomic E-state index is 5.55. The Morgan fingerprint density at radius 3 is 2.58 bits per heavy atom. The summed E-state index contributed by atoms with van der Waals surface area (Å²) >= 11 is 0. The van der Waals surface area contributed by atoms with Gasteiger partial charge in [0.2, 0.25) is 0 Å². The number of rotatable bonds is 4. The minimum atomic E-state index is 0.483. The second-order valence-electron chi connectivity index (χ2n) is 7.33. The van der Waals surface area contributed by atoms with Gasteiger partial charge >= 0.3 is 0 Å². The average Bonchev–Trinajstić information content (AvgIpc) is 3.26. The smallest absolute Gasteiger partial charge is 0.109 e. The fourth-order valence-electron chi connectivity index (χ4n) is 4.72. The number of aromatic nitrogens is 2. The molecule has 0 spiro atoms. The maximum atomic E-state index is 5.55. The molecule has 0 radical (unpaired) electrons. The number of aryl methyl sites for hydroxylation is 1. The van der Waals surface area contributed by atoms with Crippen molar-refractivity contribution in [2.45, 2.75) is 63.6 Å². The molecule has 2 aliphatic rings. The Kier molecular flexibility index (Phi) is 4.59. The first-order valence-electron chi connectivity index (χ1n) is 9.52. The van der Waals surface area contributed by atoms with E-state index in [0.717, 1.165) is 18.0 Å². The van der Waals surface area contributed by atoms with E-state index in [4.69, 9.17) is 9.72 Å². The molecule has 1 saturated carbocycles. The fraction of sp³-hybridized carbons (Fsp3) is 0.650. The Bertz CT molecular complexity index is 687. The van der Waals surface area contributed by atoms with E-state index in [1.807, 2.05) is 7.11 Å². The summed E-state index contributed by atoms with van der Waals surface area (Å²) in [6, 6.07) is 9.94. The third-order valence-electron chi connectivity index (χ3n) is 6.06. The summed E-state index contributed by atoms with van der Waals surface area (Å²) in [6.07, 6.45) is 7.72. The van der Waals surface area contributed by atoms with Crippen LogP contribution in [0.4, 0.5) is 0 Å². The normalized spacial score (nSPS) is 26.4. The highest BCUT2D eigenvalue weighted by atomic mass is 16.5. The van der Waals surface area contributed by atoms with Crippen molar-refractivity contribution in [3.8, 4) is 0 Å². The van der Waals surface area contributed by atoms with E-state index >= 15 is 0 Å². The summed E-state index contributed by atoms with van der Waals surface area (Å²) in [7, 11) is 1.86. The number of piperidine rings is 1. The van der Waals surface area contributed by atoms with Crippen molar-refractivity contribution in [1.82, 2.24) is 14.5 Å². The largest absolute Gasteiger partial charge is 0.381 e. The second-order valence-corrected chi connectivity index (χ2v) is 7.33. The van der Waals surface area contributed by atoms with Crippen LogP contribution in [0.3, 0.4) is 0 Å². The molecule has 4 nitrogen and oxygen atoms in total. The van der Waals surface area contributed by atoms with E-state index in [2.05, 4.69) is 40.7 Å². The predicted octanol–water partition coefficient (Wildman–Crippen LogP) is 3.80. The maximum Gasteiger partial charge on any atom is 0.109 e. The van der Waals surface area contributed by atoms with E-state index in [-0.39, 0.29) is 0 Å². The van der Waals surface area contributed by atoms with Gasteiger partial charge in [0.25, 0.3) is 0 Å². The molecule has 2 aromatic rings. The van der Waals surface area contributed by atoms with Crippen LogP contribution in [0, 0.1) is 0 Å². The van der Waals surface area contributed by atoms with Crippen molar-refractivity contribution in [3.05, 3.63) is 30.1 Å². The van der Waals surface area contributed by atoms with Gasteiger partial charge in [-0.1, -0.05) is 19.1 Å². The lowest BCUT2D eigenvalue weighted by Crippen LogP contribution is -2.41. The van der Waals surface area contributed by atoms with Crippen LogP contribution in [0.15, 0.2) is 24.3 Å². The first-order valence-corrected chi connectivity index (χ1v) is 9.52. The first kappa shape index (κ1) is 16.1. The van der Waals surface area contributed by atoms with Crippen LogP contribution in [0.5, 0.6) is 0 Å². The zero-order valence-electron chi connectivity index (χ0n) is 14.9. The summed E-state index contributed by atoms with van der Waals surface area (Å²) in [5.74, 6) is 1.25. The number of ether oxygens (including phenoxy) is 1. The molecule has 1 aromatic heterocycles. The van der Waals surface area contributed by atoms with Crippen molar-refractivity contribution in [2.24, 2.45) is 0 Å². The molecule has 1 aromatic carbocycles. The Morgan fingerprint density at radius 2 is 1.88 bits per heavy atom. The number of para-hydroxylation sites is 2. The summed E-state index contributed by atoms with van der Waals surface area (Å²) in [5.41, 5.74) is 2.46. The van der Waals surface area contributed by atoms with Crippen molar-refractivity contribution in [3.63, 3.8) is 0 Å². The summed E-state index contributed by atoms with van der Waals surface area (Å²) in [4.78, 5) is 7.57. The Balaban J connectivity index is 1.48. The number of hydrogen-bond donors (Lipinski definition) is 0. The van der Waals surface area contributed by atoms with Gasteiger partial charge in [0.1, 0.15) is 5.82 Å². The number of imidazole rings is 1. The van der Waals surface area contributed by atoms with E-state index in [9.17, 15) is 0 Å². The predicted molar refractivity (Wildman–Crippen MR) is 97.4 cm³/mol. The Hall–Kier alpha value is -1.39. The van der Waals surface area contributed by atoms with Crippen molar-refractivity contribution < 1.29 is 4.74 Å². The molecular weight excluding hydrogens is 298 g/mol. The molecule has 2 atom stereocenters. The Morgan fingerprint density at radius 1 is 1.08 bits per heavy atom. The highest BCUT2D eigenvalue weighted by Crippen LogP contribution is 2.33. The molecule has 2 unspecified atom stereocenters.